The lowest BCUT2D eigenvalue weighted by atomic mass is 9.77. The van der Waals surface area contributed by atoms with E-state index < -0.39 is 0 Å². The van der Waals surface area contributed by atoms with Gasteiger partial charge in [0.25, 0.3) is 0 Å². The molecule has 0 aromatic carbocycles. The number of nitrogens with zero attached hydrogens (tertiary/aromatic N) is 1. The number of hydrogen-bond acceptors (Lipinski definition) is 2. The summed E-state index contributed by atoms with van der Waals surface area (Å²) in [5, 5.41) is 3.51. The first-order valence-electron chi connectivity index (χ1n) is 7.38. The Morgan fingerprint density at radius 1 is 1.18 bits per heavy atom. The van der Waals surface area contributed by atoms with Crippen molar-refractivity contribution in [3.05, 3.63) is 0 Å². The van der Waals surface area contributed by atoms with Crippen LogP contribution in [0.15, 0.2) is 0 Å². The third kappa shape index (κ3) is 3.45. The Bertz CT molecular complexity index is 232. The molecule has 1 saturated heterocycles. The van der Waals surface area contributed by atoms with Gasteiger partial charge >= 0.3 is 0 Å². The molecule has 1 N–H and O–H groups in total. The van der Waals surface area contributed by atoms with E-state index >= 15 is 0 Å². The van der Waals surface area contributed by atoms with Crippen LogP contribution in [0, 0.1) is 17.3 Å². The first kappa shape index (κ1) is 13.4. The zero-order valence-electron chi connectivity index (χ0n) is 12.1. The van der Waals surface area contributed by atoms with Gasteiger partial charge in [0, 0.05) is 25.7 Å². The van der Waals surface area contributed by atoms with Gasteiger partial charge in [0.1, 0.15) is 0 Å². The third-order valence-corrected chi connectivity index (χ3v) is 4.76. The molecule has 0 radical (unpaired) electrons. The van der Waals surface area contributed by atoms with Crippen molar-refractivity contribution < 1.29 is 0 Å². The van der Waals surface area contributed by atoms with Crippen LogP contribution < -0.4 is 5.32 Å². The molecule has 17 heavy (non-hydrogen) atoms. The van der Waals surface area contributed by atoms with Crippen molar-refractivity contribution in [2.45, 2.75) is 52.5 Å². The second-order valence-corrected chi connectivity index (χ2v) is 7.32. The SMILES string of the molecule is CNC(CN1CC2CCCC(C2)C1)C(C)(C)C. The van der Waals surface area contributed by atoms with E-state index in [9.17, 15) is 0 Å². The van der Waals surface area contributed by atoms with Gasteiger partial charge in [0.05, 0.1) is 0 Å². The van der Waals surface area contributed by atoms with Gasteiger partial charge in [-0.25, -0.2) is 0 Å². The lowest BCUT2D eigenvalue weighted by Crippen LogP contribution is -2.51. The molecule has 0 amide bonds. The van der Waals surface area contributed by atoms with Gasteiger partial charge in [-0.15, -0.1) is 0 Å². The van der Waals surface area contributed by atoms with Gasteiger partial charge in [-0.1, -0.05) is 27.2 Å². The van der Waals surface area contributed by atoms with Gasteiger partial charge in [-0.2, -0.15) is 0 Å². The van der Waals surface area contributed by atoms with Gasteiger partial charge in [-0.05, 0) is 43.6 Å². The van der Waals surface area contributed by atoms with Crippen LogP contribution in [0.3, 0.4) is 0 Å². The van der Waals surface area contributed by atoms with Crippen LogP contribution in [0.4, 0.5) is 0 Å². The maximum atomic E-state index is 3.51. The lowest BCUT2D eigenvalue weighted by Gasteiger charge is -2.44. The van der Waals surface area contributed by atoms with Crippen LogP contribution in [-0.2, 0) is 0 Å². The van der Waals surface area contributed by atoms with Crippen LogP contribution in [0.5, 0.6) is 0 Å². The average Bonchev–Trinajstić information content (AvgIpc) is 2.24. The molecule has 2 aliphatic rings. The number of likely N-dealkylation sites (tertiary alicyclic amines) is 1. The van der Waals surface area contributed by atoms with Crippen molar-refractivity contribution in [2.24, 2.45) is 17.3 Å². The monoisotopic (exact) mass is 238 g/mol. The predicted molar refractivity (Wildman–Crippen MR) is 74.2 cm³/mol. The molecular weight excluding hydrogens is 208 g/mol. The van der Waals surface area contributed by atoms with Crippen LogP contribution in [0.25, 0.3) is 0 Å². The van der Waals surface area contributed by atoms with E-state index in [1.165, 1.54) is 45.3 Å². The second-order valence-electron chi connectivity index (χ2n) is 7.32. The molecule has 1 aliphatic carbocycles. The molecule has 0 spiro atoms. The molecule has 1 aliphatic heterocycles. The quantitative estimate of drug-likeness (QED) is 0.813. The lowest BCUT2D eigenvalue weighted by molar-refractivity contribution is 0.0655. The van der Waals surface area contributed by atoms with Crippen LogP contribution in [0.1, 0.15) is 46.5 Å². The average molecular weight is 238 g/mol. The Balaban J connectivity index is 1.90. The summed E-state index contributed by atoms with van der Waals surface area (Å²) in [4.78, 5) is 2.73. The van der Waals surface area contributed by atoms with Crippen LogP contribution >= 0.6 is 0 Å². The number of nitrogens with one attached hydrogen (secondary N) is 1. The highest BCUT2D eigenvalue weighted by Gasteiger charge is 2.33. The molecule has 100 valence electrons. The second kappa shape index (κ2) is 5.27. The van der Waals surface area contributed by atoms with Crippen molar-refractivity contribution in [3.8, 4) is 0 Å². The van der Waals surface area contributed by atoms with E-state index in [0.717, 1.165) is 11.8 Å². The molecule has 2 bridgehead atoms. The number of likely N-dealkylation sites (N-methyl/N-ethyl adjacent to an activating group) is 1. The fraction of sp³-hybridized carbons (Fsp3) is 1.00. The summed E-state index contributed by atoms with van der Waals surface area (Å²) in [5.74, 6) is 2.00. The molecule has 0 aromatic rings. The van der Waals surface area contributed by atoms with Gasteiger partial charge in [0.2, 0.25) is 0 Å². The van der Waals surface area contributed by atoms with Gasteiger partial charge < -0.3 is 10.2 Å². The summed E-state index contributed by atoms with van der Waals surface area (Å²) >= 11 is 0. The zero-order chi connectivity index (χ0) is 12.5. The molecule has 2 fully saturated rings. The molecule has 0 aromatic heterocycles. The molecule has 1 saturated carbocycles. The standard InChI is InChI=1S/C15H30N2/c1-15(2,3)14(16-4)11-17-9-12-6-5-7-13(8-12)10-17/h12-14,16H,5-11H2,1-4H3. The van der Waals surface area contributed by atoms with Crippen LogP contribution in [-0.4, -0.2) is 37.6 Å². The molecular formula is C15H30N2. The fourth-order valence-corrected chi connectivity index (χ4v) is 3.74. The highest BCUT2D eigenvalue weighted by atomic mass is 15.2. The summed E-state index contributed by atoms with van der Waals surface area (Å²) < 4.78 is 0. The Morgan fingerprint density at radius 2 is 1.76 bits per heavy atom. The molecule has 2 heteroatoms. The number of fused-ring (bicyclic) bond motifs is 2. The van der Waals surface area contributed by atoms with E-state index in [4.69, 9.17) is 0 Å². The van der Waals surface area contributed by atoms with Crippen LogP contribution in [0.2, 0.25) is 0 Å². The van der Waals surface area contributed by atoms with Crippen molar-refractivity contribution in [1.82, 2.24) is 10.2 Å². The van der Waals surface area contributed by atoms with Gasteiger partial charge in [-0.3, -0.25) is 0 Å². The third-order valence-electron chi connectivity index (χ3n) is 4.76. The molecule has 3 unspecified atom stereocenters. The smallest absolute Gasteiger partial charge is 0.0240 e. The Kier molecular flexibility index (Phi) is 4.14. The van der Waals surface area contributed by atoms with E-state index in [0.29, 0.717) is 11.5 Å². The predicted octanol–water partition coefficient (Wildman–Crippen LogP) is 2.74. The van der Waals surface area contributed by atoms with E-state index in [1.54, 1.807) is 0 Å². The molecule has 2 rings (SSSR count). The molecule has 2 nitrogen and oxygen atoms in total. The topological polar surface area (TPSA) is 15.3 Å². The minimum Gasteiger partial charge on any atom is -0.315 e. The molecule has 1 heterocycles. The van der Waals surface area contributed by atoms with Crippen molar-refractivity contribution in [2.75, 3.05) is 26.7 Å². The number of hydrogen-bond donors (Lipinski definition) is 1. The minimum absolute atomic E-state index is 0.362. The van der Waals surface area contributed by atoms with E-state index in [2.05, 4.69) is 38.0 Å². The summed E-state index contributed by atoms with van der Waals surface area (Å²) in [5.41, 5.74) is 0.362. The highest BCUT2D eigenvalue weighted by molar-refractivity contribution is 4.88. The Labute approximate surface area is 107 Å². The van der Waals surface area contributed by atoms with Crippen molar-refractivity contribution in [1.29, 1.82) is 0 Å². The molecule has 3 atom stereocenters. The van der Waals surface area contributed by atoms with E-state index in [-0.39, 0.29) is 0 Å². The summed E-state index contributed by atoms with van der Waals surface area (Å²) in [6, 6.07) is 0.612. The van der Waals surface area contributed by atoms with Crippen molar-refractivity contribution >= 4 is 0 Å². The van der Waals surface area contributed by atoms with E-state index in [1.807, 2.05) is 0 Å². The maximum absolute atomic E-state index is 3.51. The summed E-state index contributed by atoms with van der Waals surface area (Å²) in [6.07, 6.45) is 5.95. The number of piperidine rings is 1. The van der Waals surface area contributed by atoms with Crippen molar-refractivity contribution in [3.63, 3.8) is 0 Å². The van der Waals surface area contributed by atoms with Gasteiger partial charge in [0.15, 0.2) is 0 Å². The minimum atomic E-state index is 0.362. The first-order chi connectivity index (χ1) is 7.99. The number of rotatable bonds is 3. The Hall–Kier alpha value is -0.0800. The summed E-state index contributed by atoms with van der Waals surface area (Å²) in [6.45, 7) is 11.0. The fourth-order valence-electron chi connectivity index (χ4n) is 3.74. The zero-order valence-corrected chi connectivity index (χ0v) is 12.1. The Morgan fingerprint density at radius 3 is 2.24 bits per heavy atom. The highest BCUT2D eigenvalue weighted by Crippen LogP contribution is 2.34. The largest absolute Gasteiger partial charge is 0.315 e. The first-order valence-corrected chi connectivity index (χ1v) is 7.38. The maximum Gasteiger partial charge on any atom is 0.0240 e. The normalized spacial score (nSPS) is 32.5. The summed E-state index contributed by atoms with van der Waals surface area (Å²) in [7, 11) is 2.11.